The first-order valence-corrected chi connectivity index (χ1v) is 12.6. The second-order valence-electron chi connectivity index (χ2n) is 9.81. The molecular formula is C28H35FO6. The summed E-state index contributed by atoms with van der Waals surface area (Å²) in [5, 5.41) is 0. The molecule has 35 heavy (non-hydrogen) atoms. The minimum Gasteiger partial charge on any atom is -0.490 e. The van der Waals surface area contributed by atoms with Gasteiger partial charge < -0.3 is 18.9 Å². The van der Waals surface area contributed by atoms with Crippen molar-refractivity contribution in [2.75, 3.05) is 26.9 Å². The number of carbonyl (C=O) groups excluding carboxylic acids is 2. The Labute approximate surface area is 206 Å². The maximum atomic E-state index is 15.2. The second kappa shape index (κ2) is 10.9. The number of ketones is 1. The van der Waals surface area contributed by atoms with Crippen molar-refractivity contribution in [2.45, 2.75) is 59.0 Å². The number of rotatable bonds is 9. The Morgan fingerprint density at radius 1 is 1.20 bits per heavy atom. The van der Waals surface area contributed by atoms with Crippen LogP contribution in [0.15, 0.2) is 29.4 Å². The van der Waals surface area contributed by atoms with Gasteiger partial charge in [-0.1, -0.05) is 13.8 Å². The normalized spacial score (nSPS) is 22.0. The van der Waals surface area contributed by atoms with Gasteiger partial charge in [-0.05, 0) is 67.2 Å². The smallest absolute Gasteiger partial charge is 0.341 e. The highest BCUT2D eigenvalue weighted by molar-refractivity contribution is 6.18. The van der Waals surface area contributed by atoms with E-state index in [1.54, 1.807) is 26.2 Å². The van der Waals surface area contributed by atoms with Gasteiger partial charge in [-0.15, -0.1) is 0 Å². The number of carbonyl (C=O) groups is 2. The molecule has 2 aliphatic carbocycles. The zero-order chi connectivity index (χ0) is 25.1. The Morgan fingerprint density at radius 3 is 2.63 bits per heavy atom. The van der Waals surface area contributed by atoms with Crippen LogP contribution in [0.2, 0.25) is 0 Å². The lowest BCUT2D eigenvalue weighted by Crippen LogP contribution is -2.33. The molecule has 7 heteroatoms. The lowest BCUT2D eigenvalue weighted by Gasteiger charge is -2.37. The van der Waals surface area contributed by atoms with E-state index in [0.717, 1.165) is 24.0 Å². The van der Waals surface area contributed by atoms with Gasteiger partial charge in [0.25, 0.3) is 0 Å². The van der Waals surface area contributed by atoms with Crippen molar-refractivity contribution in [1.82, 2.24) is 0 Å². The monoisotopic (exact) mass is 486 g/mol. The number of esters is 1. The van der Waals surface area contributed by atoms with Gasteiger partial charge in [-0.2, -0.15) is 0 Å². The van der Waals surface area contributed by atoms with Crippen LogP contribution in [0.5, 0.6) is 11.5 Å². The van der Waals surface area contributed by atoms with Gasteiger partial charge >= 0.3 is 5.97 Å². The highest BCUT2D eigenvalue weighted by Gasteiger charge is 2.42. The predicted octanol–water partition coefficient (Wildman–Crippen LogP) is 5.29. The van der Waals surface area contributed by atoms with E-state index in [4.69, 9.17) is 18.9 Å². The summed E-state index contributed by atoms with van der Waals surface area (Å²) < 4.78 is 37.6. The number of allylic oxidation sites excluding steroid dienone is 1. The first-order chi connectivity index (χ1) is 16.8. The summed E-state index contributed by atoms with van der Waals surface area (Å²) in [7, 11) is 1.62. The molecule has 1 saturated carbocycles. The van der Waals surface area contributed by atoms with Crippen LogP contribution in [0.1, 0.15) is 58.4 Å². The van der Waals surface area contributed by atoms with Crippen molar-refractivity contribution in [3.05, 3.63) is 40.7 Å². The molecule has 2 atom stereocenters. The van der Waals surface area contributed by atoms with Crippen LogP contribution < -0.4 is 9.47 Å². The zero-order valence-corrected chi connectivity index (χ0v) is 21.0. The summed E-state index contributed by atoms with van der Waals surface area (Å²) in [6.45, 7) is 6.85. The number of fused-ring (bicyclic) bond motifs is 2. The van der Waals surface area contributed by atoms with E-state index in [0.29, 0.717) is 43.3 Å². The van der Waals surface area contributed by atoms with Crippen molar-refractivity contribution >= 4 is 17.3 Å². The van der Waals surface area contributed by atoms with Crippen LogP contribution in [0.4, 0.5) is 4.39 Å². The number of methoxy groups -OCH3 is 1. The molecular weight excluding hydrogens is 451 g/mol. The second-order valence-corrected chi connectivity index (χ2v) is 9.81. The average molecular weight is 487 g/mol. The van der Waals surface area contributed by atoms with Crippen LogP contribution in [0.25, 0.3) is 5.57 Å². The van der Waals surface area contributed by atoms with Gasteiger partial charge in [0.05, 0.1) is 13.2 Å². The van der Waals surface area contributed by atoms with E-state index >= 15 is 4.39 Å². The maximum absolute atomic E-state index is 15.2. The van der Waals surface area contributed by atoms with Crippen molar-refractivity contribution in [3.8, 4) is 11.5 Å². The molecule has 0 radical (unpaired) electrons. The van der Waals surface area contributed by atoms with Gasteiger partial charge in [-0.25, -0.2) is 9.18 Å². The fraction of sp³-hybridized carbons (Fsp3) is 0.571. The molecule has 1 aromatic carbocycles. The fourth-order valence-electron chi connectivity index (χ4n) is 5.07. The number of hydrogen-bond donors (Lipinski definition) is 0. The van der Waals surface area contributed by atoms with Crippen LogP contribution in [-0.2, 0) is 19.1 Å². The Morgan fingerprint density at radius 2 is 1.97 bits per heavy atom. The predicted molar refractivity (Wildman–Crippen MR) is 130 cm³/mol. The molecule has 190 valence electrons. The number of halogens is 1. The van der Waals surface area contributed by atoms with E-state index in [1.807, 2.05) is 13.8 Å². The van der Waals surface area contributed by atoms with Crippen molar-refractivity contribution in [3.63, 3.8) is 0 Å². The van der Waals surface area contributed by atoms with Crippen LogP contribution in [0, 0.1) is 23.6 Å². The van der Waals surface area contributed by atoms with Gasteiger partial charge in [0, 0.05) is 38.2 Å². The molecule has 3 aliphatic rings. The number of hydrogen-bond acceptors (Lipinski definition) is 6. The summed E-state index contributed by atoms with van der Waals surface area (Å²) in [5.41, 5.74) is 2.51. The number of Topliss-reactive ketones (excluding diaryl/α,β-unsaturated/α-hetero) is 1. The van der Waals surface area contributed by atoms with E-state index in [9.17, 15) is 9.59 Å². The lowest BCUT2D eigenvalue weighted by molar-refractivity contribution is -0.140. The SMILES string of the molecule is CCOC(=O)C1=CC2=C(c3cc(F)c(OCCCOC)cc3OC2C(C)C)C(C2CC2)CCC1=O. The highest BCUT2D eigenvalue weighted by Crippen LogP contribution is 2.53. The Bertz CT molecular complexity index is 1040. The van der Waals surface area contributed by atoms with Crippen LogP contribution >= 0.6 is 0 Å². The Hall–Kier alpha value is -2.67. The summed E-state index contributed by atoms with van der Waals surface area (Å²) in [6, 6.07) is 3.13. The van der Waals surface area contributed by atoms with Crippen LogP contribution in [0.3, 0.4) is 0 Å². The molecule has 2 unspecified atom stereocenters. The summed E-state index contributed by atoms with van der Waals surface area (Å²) in [5.74, 6) is 0.0453. The first-order valence-electron chi connectivity index (χ1n) is 12.6. The van der Waals surface area contributed by atoms with Crippen LogP contribution in [-0.4, -0.2) is 44.8 Å². The third kappa shape index (κ3) is 5.45. The van der Waals surface area contributed by atoms with E-state index < -0.39 is 11.8 Å². The maximum Gasteiger partial charge on any atom is 0.341 e. The molecule has 1 fully saturated rings. The molecule has 1 aromatic rings. The molecule has 0 N–H and O–H groups in total. The summed E-state index contributed by atoms with van der Waals surface area (Å²) >= 11 is 0. The highest BCUT2D eigenvalue weighted by atomic mass is 19.1. The standard InChI is InChI=1S/C28H35FO6/c1-5-33-28(31)19-13-21-26(18(17-7-8-17)9-10-23(19)30)20-14-22(29)25(34-12-6-11-32-4)15-24(20)35-27(21)16(2)3/h13-18,27H,5-12H2,1-4H3. The van der Waals surface area contributed by atoms with Gasteiger partial charge in [0.15, 0.2) is 17.3 Å². The minimum absolute atomic E-state index is 0.0462. The summed E-state index contributed by atoms with van der Waals surface area (Å²) in [6.07, 6.45) is 4.95. The zero-order valence-electron chi connectivity index (χ0n) is 21.0. The van der Waals surface area contributed by atoms with Gasteiger partial charge in [-0.3, -0.25) is 4.79 Å². The number of benzene rings is 1. The topological polar surface area (TPSA) is 71.1 Å². The number of ether oxygens (including phenoxy) is 4. The van der Waals surface area contributed by atoms with E-state index in [1.165, 1.54) is 6.07 Å². The molecule has 1 aliphatic heterocycles. The third-order valence-electron chi connectivity index (χ3n) is 6.89. The first kappa shape index (κ1) is 25.4. The molecule has 6 nitrogen and oxygen atoms in total. The summed E-state index contributed by atoms with van der Waals surface area (Å²) in [4.78, 5) is 25.7. The van der Waals surface area contributed by atoms with Crippen molar-refractivity contribution in [1.29, 1.82) is 0 Å². The van der Waals surface area contributed by atoms with Crippen molar-refractivity contribution in [2.24, 2.45) is 17.8 Å². The van der Waals surface area contributed by atoms with E-state index in [-0.39, 0.29) is 48.1 Å². The average Bonchev–Trinajstić information content (AvgIpc) is 3.65. The minimum atomic E-state index is -0.617. The lowest BCUT2D eigenvalue weighted by atomic mass is 9.75. The largest absolute Gasteiger partial charge is 0.490 e. The Kier molecular flexibility index (Phi) is 7.95. The molecule has 0 aromatic heterocycles. The van der Waals surface area contributed by atoms with Gasteiger partial charge in [0.1, 0.15) is 17.4 Å². The van der Waals surface area contributed by atoms with Crippen molar-refractivity contribution < 1.29 is 32.9 Å². The molecule has 4 rings (SSSR count). The quantitative estimate of drug-likeness (QED) is 0.268. The molecule has 0 bridgehead atoms. The molecule has 0 amide bonds. The molecule has 0 spiro atoms. The van der Waals surface area contributed by atoms with E-state index in [2.05, 4.69) is 0 Å². The fourth-order valence-corrected chi connectivity index (χ4v) is 5.07. The molecule has 0 saturated heterocycles. The third-order valence-corrected chi connectivity index (χ3v) is 6.89. The molecule has 1 heterocycles. The van der Waals surface area contributed by atoms with Gasteiger partial charge in [0.2, 0.25) is 0 Å². The Balaban J connectivity index is 1.85.